The molecule has 2 aromatic heterocycles. The molecule has 1 saturated heterocycles. The first-order valence-electron chi connectivity index (χ1n) is 9.85. The minimum Gasteiger partial charge on any atom is -0.480 e. The van der Waals surface area contributed by atoms with Crippen molar-refractivity contribution in [1.82, 2.24) is 19.5 Å². The molecule has 0 aliphatic carbocycles. The van der Waals surface area contributed by atoms with Gasteiger partial charge in [-0.15, -0.1) is 0 Å². The van der Waals surface area contributed by atoms with Gasteiger partial charge in [-0.3, -0.25) is 9.36 Å². The van der Waals surface area contributed by atoms with E-state index < -0.39 is 36.6 Å². The summed E-state index contributed by atoms with van der Waals surface area (Å²) in [6.45, 7) is 1.09. The number of aliphatic hydroxyl groups excluding tert-OH is 2. The van der Waals surface area contributed by atoms with Crippen molar-refractivity contribution >= 4 is 40.7 Å². The Morgan fingerprint density at radius 3 is 2.84 bits per heavy atom. The van der Waals surface area contributed by atoms with Gasteiger partial charge in [0.05, 0.1) is 12.4 Å². The predicted molar refractivity (Wildman–Crippen MR) is 115 cm³/mol. The van der Waals surface area contributed by atoms with Crippen molar-refractivity contribution in [2.24, 2.45) is 11.5 Å². The first kappa shape index (κ1) is 23.4. The quantitative estimate of drug-likeness (QED) is 0.188. The highest BCUT2D eigenvalue weighted by atomic mass is 32.2. The molecule has 0 bridgehead atoms. The Balaban J connectivity index is 1.69. The number of aliphatic hydroxyl groups is 2. The van der Waals surface area contributed by atoms with Gasteiger partial charge < -0.3 is 42.6 Å². The van der Waals surface area contributed by atoms with Crippen LogP contribution in [0.4, 0.5) is 11.8 Å². The average Bonchev–Trinajstić information content (AvgIpc) is 3.27. The van der Waals surface area contributed by atoms with Crippen LogP contribution in [0.2, 0.25) is 0 Å². The van der Waals surface area contributed by atoms with Gasteiger partial charge in [-0.2, -0.15) is 21.7 Å². The van der Waals surface area contributed by atoms with Crippen molar-refractivity contribution in [3.8, 4) is 0 Å². The summed E-state index contributed by atoms with van der Waals surface area (Å²) in [6, 6.07) is -0.935. The lowest BCUT2D eigenvalue weighted by Crippen LogP contribution is -2.33. The standard InChI is InChI=1S/C17H28N8O5S/c18-3-1-4-21-17-23-13(20)10-14(24-17)25(7-22-10)15-12(27)11(26)9(30-15)6-31-5-2-8(19)16(28)29/h7-9,11-12,15,26-27H,1-6,18-19H2,(H,28,29)(H3,20,21,23,24)/t8-,9+,11-,12+,15+/m0/s1. The molecular formula is C17H28N8O5S. The number of hydrogen-bond donors (Lipinski definition) is 7. The van der Waals surface area contributed by atoms with Gasteiger partial charge in [-0.25, -0.2) is 4.98 Å². The number of thioether (sulfide) groups is 1. The second kappa shape index (κ2) is 10.4. The molecular weight excluding hydrogens is 428 g/mol. The van der Waals surface area contributed by atoms with E-state index in [0.29, 0.717) is 41.7 Å². The highest BCUT2D eigenvalue weighted by Gasteiger charge is 2.44. The summed E-state index contributed by atoms with van der Waals surface area (Å²) in [5.41, 5.74) is 17.7. The number of aliphatic carboxylic acids is 1. The van der Waals surface area contributed by atoms with E-state index in [9.17, 15) is 15.0 Å². The lowest BCUT2D eigenvalue weighted by atomic mass is 10.1. The lowest BCUT2D eigenvalue weighted by Gasteiger charge is -2.17. The van der Waals surface area contributed by atoms with Crippen molar-refractivity contribution in [2.75, 3.05) is 35.6 Å². The second-order valence-corrected chi connectivity index (χ2v) is 8.33. The van der Waals surface area contributed by atoms with Crippen molar-refractivity contribution in [3.05, 3.63) is 6.33 Å². The van der Waals surface area contributed by atoms with Gasteiger partial charge in [0.2, 0.25) is 5.95 Å². The van der Waals surface area contributed by atoms with Crippen molar-refractivity contribution in [2.45, 2.75) is 43.4 Å². The number of rotatable bonds is 11. The number of nitrogens with one attached hydrogen (secondary N) is 1. The molecule has 0 amide bonds. The van der Waals surface area contributed by atoms with Gasteiger partial charge in [-0.05, 0) is 25.1 Å². The maximum atomic E-state index is 10.8. The van der Waals surface area contributed by atoms with Crippen LogP contribution in [0.3, 0.4) is 0 Å². The zero-order valence-corrected chi connectivity index (χ0v) is 17.6. The van der Waals surface area contributed by atoms with Gasteiger partial charge >= 0.3 is 5.97 Å². The number of ether oxygens (including phenoxy) is 1. The van der Waals surface area contributed by atoms with Crippen molar-refractivity contribution in [1.29, 1.82) is 0 Å². The molecule has 5 atom stereocenters. The summed E-state index contributed by atoms with van der Waals surface area (Å²) >= 11 is 1.39. The number of carboxylic acids is 1. The minimum absolute atomic E-state index is 0.175. The third-order valence-electron chi connectivity index (χ3n) is 4.90. The van der Waals surface area contributed by atoms with E-state index >= 15 is 0 Å². The number of fused-ring (bicyclic) bond motifs is 1. The summed E-state index contributed by atoms with van der Waals surface area (Å²) in [7, 11) is 0. The van der Waals surface area contributed by atoms with E-state index in [1.807, 2.05) is 0 Å². The number of nitrogens with zero attached hydrogens (tertiary/aromatic N) is 4. The zero-order valence-electron chi connectivity index (χ0n) is 16.8. The van der Waals surface area contributed by atoms with E-state index in [1.165, 1.54) is 22.7 Å². The van der Waals surface area contributed by atoms with Gasteiger partial charge in [0, 0.05) is 12.3 Å². The van der Waals surface area contributed by atoms with E-state index in [1.54, 1.807) is 0 Å². The van der Waals surface area contributed by atoms with Gasteiger partial charge in [0.25, 0.3) is 0 Å². The SMILES string of the molecule is NCCCNc1nc(N)c2ncn([C@@H]3O[C@H](CSCC[C@H](N)C(=O)O)[C@H](O)[C@H]3O)c2n1. The van der Waals surface area contributed by atoms with E-state index in [4.69, 9.17) is 27.0 Å². The van der Waals surface area contributed by atoms with Gasteiger partial charge in [0.15, 0.2) is 17.7 Å². The Kier molecular flexibility index (Phi) is 7.85. The van der Waals surface area contributed by atoms with Crippen LogP contribution in [0.25, 0.3) is 11.2 Å². The molecule has 14 heteroatoms. The Hall–Kier alpha value is -2.23. The van der Waals surface area contributed by atoms with Gasteiger partial charge in [-0.1, -0.05) is 0 Å². The maximum absolute atomic E-state index is 10.8. The molecule has 13 nitrogen and oxygen atoms in total. The molecule has 0 spiro atoms. The Morgan fingerprint density at radius 1 is 1.35 bits per heavy atom. The van der Waals surface area contributed by atoms with Crippen LogP contribution < -0.4 is 22.5 Å². The number of imidazole rings is 1. The van der Waals surface area contributed by atoms with E-state index in [0.717, 1.165) is 6.42 Å². The molecule has 10 N–H and O–H groups in total. The highest BCUT2D eigenvalue weighted by Crippen LogP contribution is 2.33. The van der Waals surface area contributed by atoms with Crippen LogP contribution >= 0.6 is 11.8 Å². The molecule has 1 aliphatic heterocycles. The number of carboxylic acid groups (broad SMARTS) is 1. The fourth-order valence-corrected chi connectivity index (χ4v) is 4.23. The summed E-state index contributed by atoms with van der Waals surface area (Å²) < 4.78 is 7.40. The Labute approximate surface area is 182 Å². The number of hydrogen-bond acceptors (Lipinski definition) is 12. The van der Waals surface area contributed by atoms with Crippen LogP contribution in [-0.4, -0.2) is 89.8 Å². The van der Waals surface area contributed by atoms with Crippen LogP contribution in [-0.2, 0) is 9.53 Å². The maximum Gasteiger partial charge on any atom is 0.320 e. The second-order valence-electron chi connectivity index (χ2n) is 7.18. The fourth-order valence-electron chi connectivity index (χ4n) is 3.14. The molecule has 3 heterocycles. The summed E-state index contributed by atoms with van der Waals surface area (Å²) in [6.07, 6.45) is -1.48. The Bertz CT molecular complexity index is 899. The van der Waals surface area contributed by atoms with Crippen molar-refractivity contribution in [3.63, 3.8) is 0 Å². The number of nitrogens with two attached hydrogens (primary N) is 3. The van der Waals surface area contributed by atoms with E-state index in [2.05, 4.69) is 20.3 Å². The number of anilines is 2. The topological polar surface area (TPSA) is 221 Å². The van der Waals surface area contributed by atoms with Crippen LogP contribution in [0.5, 0.6) is 0 Å². The lowest BCUT2D eigenvalue weighted by molar-refractivity contribution is -0.138. The predicted octanol–water partition coefficient (Wildman–Crippen LogP) is -1.68. The molecule has 1 aliphatic rings. The normalized spacial score (nSPS) is 24.5. The molecule has 0 saturated carbocycles. The smallest absolute Gasteiger partial charge is 0.320 e. The highest BCUT2D eigenvalue weighted by molar-refractivity contribution is 7.99. The molecule has 1 fully saturated rings. The third-order valence-corrected chi connectivity index (χ3v) is 5.98. The number of aromatic nitrogens is 4. The van der Waals surface area contributed by atoms with Crippen LogP contribution in [0, 0.1) is 0 Å². The summed E-state index contributed by atoms with van der Waals surface area (Å²) in [4.78, 5) is 23.6. The zero-order chi connectivity index (χ0) is 22.5. The summed E-state index contributed by atoms with van der Waals surface area (Å²) in [5, 5.41) is 32.8. The Morgan fingerprint density at radius 2 is 2.13 bits per heavy atom. The number of carbonyl (C=O) groups is 1. The minimum atomic E-state index is -1.21. The fraction of sp³-hybridized carbons (Fsp3) is 0.647. The first-order chi connectivity index (χ1) is 14.8. The molecule has 0 unspecified atom stereocenters. The average molecular weight is 457 g/mol. The molecule has 2 aromatic rings. The monoisotopic (exact) mass is 456 g/mol. The largest absolute Gasteiger partial charge is 0.480 e. The molecule has 0 radical (unpaired) electrons. The first-order valence-corrected chi connectivity index (χ1v) is 11.0. The van der Waals surface area contributed by atoms with Gasteiger partial charge in [0.1, 0.15) is 23.8 Å². The van der Waals surface area contributed by atoms with Crippen LogP contribution in [0.1, 0.15) is 19.1 Å². The molecule has 3 rings (SSSR count). The van der Waals surface area contributed by atoms with Crippen molar-refractivity contribution < 1.29 is 24.9 Å². The molecule has 172 valence electrons. The number of nitrogen functional groups attached to an aromatic ring is 1. The third kappa shape index (κ3) is 5.34. The van der Waals surface area contributed by atoms with E-state index in [-0.39, 0.29) is 12.2 Å². The summed E-state index contributed by atoms with van der Waals surface area (Å²) in [5.74, 6) is 0.259. The molecule has 0 aromatic carbocycles. The molecule has 31 heavy (non-hydrogen) atoms. The van der Waals surface area contributed by atoms with Crippen LogP contribution in [0.15, 0.2) is 6.33 Å².